The van der Waals surface area contributed by atoms with Crippen LogP contribution in [0.25, 0.3) is 0 Å². The fourth-order valence-corrected chi connectivity index (χ4v) is 3.79. The van der Waals surface area contributed by atoms with Crippen LogP contribution < -0.4 is 5.32 Å². The lowest BCUT2D eigenvalue weighted by Gasteiger charge is -2.17. The smallest absolute Gasteiger partial charge is 0.150 e. The second-order valence-corrected chi connectivity index (χ2v) is 6.18. The Bertz CT molecular complexity index is 248. The lowest BCUT2D eigenvalue weighted by molar-refractivity contribution is 0.377. The van der Waals surface area contributed by atoms with E-state index in [9.17, 15) is 8.42 Å². The summed E-state index contributed by atoms with van der Waals surface area (Å²) in [5.74, 6) is 1.66. The van der Waals surface area contributed by atoms with Crippen LogP contribution in [0.5, 0.6) is 0 Å². The number of rotatable bonds is 4. The average Bonchev–Trinajstić information content (AvgIpc) is 2.42. The third-order valence-electron chi connectivity index (χ3n) is 2.79. The largest absolute Gasteiger partial charge is 0.317 e. The lowest BCUT2D eigenvalue weighted by atomic mass is 9.94. The van der Waals surface area contributed by atoms with Gasteiger partial charge in [0.2, 0.25) is 0 Å². The normalized spacial score (nSPS) is 28.9. The van der Waals surface area contributed by atoms with Crippen molar-refractivity contribution in [3.05, 3.63) is 0 Å². The van der Waals surface area contributed by atoms with E-state index in [0.717, 1.165) is 19.5 Å². The van der Waals surface area contributed by atoms with E-state index in [0.29, 0.717) is 23.3 Å². The van der Waals surface area contributed by atoms with Gasteiger partial charge < -0.3 is 5.32 Å². The first-order valence-corrected chi connectivity index (χ1v) is 6.78. The van der Waals surface area contributed by atoms with Gasteiger partial charge in [-0.1, -0.05) is 13.8 Å². The van der Waals surface area contributed by atoms with Crippen LogP contribution in [0.2, 0.25) is 0 Å². The van der Waals surface area contributed by atoms with Gasteiger partial charge in [-0.25, -0.2) is 8.42 Å². The van der Waals surface area contributed by atoms with Crippen molar-refractivity contribution in [3.63, 3.8) is 0 Å². The maximum Gasteiger partial charge on any atom is 0.150 e. The van der Waals surface area contributed by atoms with Crippen LogP contribution in [0.15, 0.2) is 0 Å². The van der Waals surface area contributed by atoms with Crippen LogP contribution in [-0.4, -0.2) is 33.0 Å². The summed E-state index contributed by atoms with van der Waals surface area (Å²) >= 11 is 0. The second-order valence-electron chi connectivity index (χ2n) is 3.95. The van der Waals surface area contributed by atoms with E-state index in [1.54, 1.807) is 0 Å². The van der Waals surface area contributed by atoms with Gasteiger partial charge in [-0.3, -0.25) is 0 Å². The van der Waals surface area contributed by atoms with E-state index in [4.69, 9.17) is 0 Å². The predicted octanol–water partition coefficient (Wildman–Crippen LogP) is 0.667. The Balaban J connectivity index is 2.37. The highest BCUT2D eigenvalue weighted by atomic mass is 32.2. The molecule has 13 heavy (non-hydrogen) atoms. The van der Waals surface area contributed by atoms with Crippen molar-refractivity contribution in [1.29, 1.82) is 0 Å². The van der Waals surface area contributed by atoms with Crippen LogP contribution in [0.3, 0.4) is 0 Å². The molecule has 0 aromatic heterocycles. The molecule has 1 saturated heterocycles. The fourth-order valence-electron chi connectivity index (χ4n) is 1.81. The molecule has 78 valence electrons. The third-order valence-corrected chi connectivity index (χ3v) is 4.58. The van der Waals surface area contributed by atoms with Crippen LogP contribution in [0.1, 0.15) is 20.3 Å². The Labute approximate surface area is 80.8 Å². The van der Waals surface area contributed by atoms with Gasteiger partial charge in [-0.05, 0) is 31.3 Å². The molecule has 0 saturated carbocycles. The van der Waals surface area contributed by atoms with Crippen molar-refractivity contribution in [2.45, 2.75) is 20.3 Å². The highest BCUT2D eigenvalue weighted by molar-refractivity contribution is 7.91. The first-order valence-electron chi connectivity index (χ1n) is 4.96. The highest BCUT2D eigenvalue weighted by Gasteiger charge is 2.31. The molecule has 1 rings (SSSR count). The van der Waals surface area contributed by atoms with Crippen LogP contribution in [-0.2, 0) is 9.84 Å². The summed E-state index contributed by atoms with van der Waals surface area (Å²) in [5, 5.41) is 3.26. The Hall–Kier alpha value is -0.0900. The SMILES string of the molecule is CCNCC(C)C1CCS(=O)(=O)C1. The van der Waals surface area contributed by atoms with Crippen molar-refractivity contribution in [2.75, 3.05) is 24.6 Å². The molecule has 1 heterocycles. The summed E-state index contributed by atoms with van der Waals surface area (Å²) in [6, 6.07) is 0. The molecule has 1 aliphatic heterocycles. The molecule has 0 bridgehead atoms. The van der Waals surface area contributed by atoms with Crippen molar-refractivity contribution in [1.82, 2.24) is 5.32 Å². The van der Waals surface area contributed by atoms with E-state index in [1.165, 1.54) is 0 Å². The molecular weight excluding hydrogens is 186 g/mol. The molecule has 0 aromatic carbocycles. The van der Waals surface area contributed by atoms with Crippen LogP contribution >= 0.6 is 0 Å². The van der Waals surface area contributed by atoms with Gasteiger partial charge in [0.05, 0.1) is 11.5 Å². The molecule has 0 amide bonds. The van der Waals surface area contributed by atoms with Crippen molar-refractivity contribution >= 4 is 9.84 Å². The summed E-state index contributed by atoms with van der Waals surface area (Å²) in [6.07, 6.45) is 0.856. The minimum absolute atomic E-state index is 0.379. The van der Waals surface area contributed by atoms with Gasteiger partial charge in [0, 0.05) is 0 Å². The molecule has 1 fully saturated rings. The van der Waals surface area contributed by atoms with E-state index in [1.807, 2.05) is 0 Å². The van der Waals surface area contributed by atoms with Gasteiger partial charge in [-0.2, -0.15) is 0 Å². The monoisotopic (exact) mass is 205 g/mol. The molecule has 1 aliphatic rings. The van der Waals surface area contributed by atoms with E-state index < -0.39 is 9.84 Å². The molecule has 0 radical (unpaired) electrons. The minimum atomic E-state index is -2.69. The summed E-state index contributed by atoms with van der Waals surface area (Å²) in [7, 11) is -2.69. The summed E-state index contributed by atoms with van der Waals surface area (Å²) < 4.78 is 22.4. The topological polar surface area (TPSA) is 46.2 Å². The molecule has 2 unspecified atom stereocenters. The molecule has 0 aromatic rings. The summed E-state index contributed by atoms with van der Waals surface area (Å²) in [5.41, 5.74) is 0. The standard InChI is InChI=1S/C9H19NO2S/c1-3-10-6-8(2)9-4-5-13(11,12)7-9/h8-10H,3-7H2,1-2H3. The summed E-state index contributed by atoms with van der Waals surface area (Å²) in [6.45, 7) is 6.10. The minimum Gasteiger partial charge on any atom is -0.317 e. The van der Waals surface area contributed by atoms with Crippen molar-refractivity contribution < 1.29 is 8.42 Å². The third kappa shape index (κ3) is 3.27. The Morgan fingerprint density at radius 1 is 1.54 bits per heavy atom. The molecule has 3 nitrogen and oxygen atoms in total. The number of nitrogens with one attached hydrogen (secondary N) is 1. The van der Waals surface area contributed by atoms with E-state index >= 15 is 0 Å². The Morgan fingerprint density at radius 2 is 2.23 bits per heavy atom. The molecule has 0 aliphatic carbocycles. The molecule has 0 spiro atoms. The maximum absolute atomic E-state index is 11.2. The molecular formula is C9H19NO2S. The van der Waals surface area contributed by atoms with E-state index in [2.05, 4.69) is 19.2 Å². The first kappa shape index (κ1) is 11.0. The quantitative estimate of drug-likeness (QED) is 0.733. The first-order chi connectivity index (χ1) is 6.05. The zero-order chi connectivity index (χ0) is 9.90. The van der Waals surface area contributed by atoms with E-state index in [-0.39, 0.29) is 0 Å². The van der Waals surface area contributed by atoms with Gasteiger partial charge >= 0.3 is 0 Å². The van der Waals surface area contributed by atoms with Crippen molar-refractivity contribution in [3.8, 4) is 0 Å². The van der Waals surface area contributed by atoms with Gasteiger partial charge in [0.1, 0.15) is 0 Å². The van der Waals surface area contributed by atoms with Gasteiger partial charge in [0.25, 0.3) is 0 Å². The van der Waals surface area contributed by atoms with Gasteiger partial charge in [0.15, 0.2) is 9.84 Å². The zero-order valence-electron chi connectivity index (χ0n) is 8.41. The number of sulfone groups is 1. The lowest BCUT2D eigenvalue weighted by Crippen LogP contribution is -2.26. The molecule has 2 atom stereocenters. The molecule has 4 heteroatoms. The number of hydrogen-bond acceptors (Lipinski definition) is 3. The average molecular weight is 205 g/mol. The van der Waals surface area contributed by atoms with Crippen molar-refractivity contribution in [2.24, 2.45) is 11.8 Å². The highest BCUT2D eigenvalue weighted by Crippen LogP contribution is 2.25. The zero-order valence-corrected chi connectivity index (χ0v) is 9.23. The van der Waals surface area contributed by atoms with Crippen LogP contribution in [0.4, 0.5) is 0 Å². The van der Waals surface area contributed by atoms with Gasteiger partial charge in [-0.15, -0.1) is 0 Å². The number of hydrogen-bond donors (Lipinski definition) is 1. The Kier molecular flexibility index (Phi) is 3.74. The summed E-state index contributed by atoms with van der Waals surface area (Å²) in [4.78, 5) is 0. The Morgan fingerprint density at radius 3 is 2.69 bits per heavy atom. The molecule has 1 N–H and O–H groups in total. The van der Waals surface area contributed by atoms with Crippen LogP contribution in [0, 0.1) is 11.8 Å². The second kappa shape index (κ2) is 4.42. The predicted molar refractivity (Wildman–Crippen MR) is 54.5 cm³/mol. The fraction of sp³-hybridized carbons (Fsp3) is 1.00. The maximum atomic E-state index is 11.2.